The summed E-state index contributed by atoms with van der Waals surface area (Å²) in [6, 6.07) is 2.10. The molecule has 4 heteroatoms. The lowest BCUT2D eigenvalue weighted by Crippen LogP contribution is -2.39. The van der Waals surface area contributed by atoms with Crippen molar-refractivity contribution in [3.8, 4) is 0 Å². The first-order chi connectivity index (χ1) is 7.38. The standard InChI is InChI=1S/C12H20N2OS/c1-9-5-7-16-10(9)4-6-14-11(15)8-12(2,3)13/h5,7H,4,6,8,13H2,1-3H3,(H,14,15). The Kier molecular flexibility index (Phi) is 4.50. The Labute approximate surface area is 101 Å². The van der Waals surface area contributed by atoms with Crippen molar-refractivity contribution < 1.29 is 4.79 Å². The molecule has 1 heterocycles. The molecule has 0 aliphatic heterocycles. The van der Waals surface area contributed by atoms with Gasteiger partial charge in [-0.3, -0.25) is 4.79 Å². The number of hydrogen-bond acceptors (Lipinski definition) is 3. The number of aryl methyl sites for hydroxylation is 1. The van der Waals surface area contributed by atoms with Crippen LogP contribution in [0.15, 0.2) is 11.4 Å². The third-order valence-corrected chi connectivity index (χ3v) is 3.34. The van der Waals surface area contributed by atoms with E-state index in [1.165, 1.54) is 10.4 Å². The fraction of sp³-hybridized carbons (Fsp3) is 0.583. The molecule has 1 amide bonds. The molecule has 3 N–H and O–H groups in total. The molecule has 1 aromatic rings. The second-order valence-electron chi connectivity index (χ2n) is 4.79. The summed E-state index contributed by atoms with van der Waals surface area (Å²) in [5.41, 5.74) is 6.64. The van der Waals surface area contributed by atoms with Crippen molar-refractivity contribution in [1.29, 1.82) is 0 Å². The molecule has 90 valence electrons. The van der Waals surface area contributed by atoms with Crippen molar-refractivity contribution in [1.82, 2.24) is 5.32 Å². The van der Waals surface area contributed by atoms with E-state index < -0.39 is 5.54 Å². The number of rotatable bonds is 5. The van der Waals surface area contributed by atoms with E-state index in [0.717, 1.165) is 6.42 Å². The molecular formula is C12H20N2OS. The average molecular weight is 240 g/mol. The maximum Gasteiger partial charge on any atom is 0.221 e. The Morgan fingerprint density at radius 2 is 2.25 bits per heavy atom. The van der Waals surface area contributed by atoms with Crippen molar-refractivity contribution in [3.05, 3.63) is 21.9 Å². The van der Waals surface area contributed by atoms with Gasteiger partial charge in [-0.15, -0.1) is 11.3 Å². The highest BCUT2D eigenvalue weighted by Crippen LogP contribution is 2.15. The van der Waals surface area contributed by atoms with E-state index in [2.05, 4.69) is 23.7 Å². The van der Waals surface area contributed by atoms with Gasteiger partial charge in [0.15, 0.2) is 0 Å². The highest BCUT2D eigenvalue weighted by Gasteiger charge is 2.15. The minimum absolute atomic E-state index is 0.0294. The lowest BCUT2D eigenvalue weighted by Gasteiger charge is -2.17. The number of amides is 1. The minimum atomic E-state index is -0.428. The van der Waals surface area contributed by atoms with Gasteiger partial charge < -0.3 is 11.1 Å². The Bertz CT molecular complexity index is 352. The number of nitrogens with one attached hydrogen (secondary N) is 1. The van der Waals surface area contributed by atoms with Crippen molar-refractivity contribution in [3.63, 3.8) is 0 Å². The van der Waals surface area contributed by atoms with Gasteiger partial charge in [0, 0.05) is 23.4 Å². The summed E-state index contributed by atoms with van der Waals surface area (Å²) in [6.07, 6.45) is 1.27. The van der Waals surface area contributed by atoms with Gasteiger partial charge >= 0.3 is 0 Å². The van der Waals surface area contributed by atoms with Gasteiger partial charge in [-0.1, -0.05) is 0 Å². The Morgan fingerprint density at radius 1 is 1.56 bits per heavy atom. The van der Waals surface area contributed by atoms with Crippen LogP contribution in [-0.4, -0.2) is 18.0 Å². The van der Waals surface area contributed by atoms with Crippen LogP contribution < -0.4 is 11.1 Å². The summed E-state index contributed by atoms with van der Waals surface area (Å²) in [5, 5.41) is 4.97. The lowest BCUT2D eigenvalue weighted by atomic mass is 10.0. The summed E-state index contributed by atoms with van der Waals surface area (Å²) in [4.78, 5) is 12.8. The molecule has 0 spiro atoms. The number of thiophene rings is 1. The molecule has 0 fully saturated rings. The molecule has 1 aromatic heterocycles. The first kappa shape index (κ1) is 13.2. The van der Waals surface area contributed by atoms with Gasteiger partial charge in [0.1, 0.15) is 0 Å². The minimum Gasteiger partial charge on any atom is -0.356 e. The predicted octanol–water partition coefficient (Wildman–Crippen LogP) is 1.84. The SMILES string of the molecule is Cc1ccsc1CCNC(=O)CC(C)(C)N. The van der Waals surface area contributed by atoms with E-state index in [1.807, 2.05) is 13.8 Å². The van der Waals surface area contributed by atoms with Crippen LogP contribution in [0.5, 0.6) is 0 Å². The lowest BCUT2D eigenvalue weighted by molar-refractivity contribution is -0.121. The zero-order valence-electron chi connectivity index (χ0n) is 10.2. The van der Waals surface area contributed by atoms with Crippen LogP contribution >= 0.6 is 11.3 Å². The van der Waals surface area contributed by atoms with Crippen LogP contribution in [0.3, 0.4) is 0 Å². The summed E-state index contributed by atoms with van der Waals surface area (Å²) in [6.45, 7) is 6.50. The monoisotopic (exact) mass is 240 g/mol. The molecule has 0 radical (unpaired) electrons. The molecule has 0 bridgehead atoms. The molecule has 1 rings (SSSR count). The summed E-state index contributed by atoms with van der Waals surface area (Å²) < 4.78 is 0. The smallest absolute Gasteiger partial charge is 0.221 e. The van der Waals surface area contributed by atoms with E-state index >= 15 is 0 Å². The Balaban J connectivity index is 2.26. The third-order valence-electron chi connectivity index (χ3n) is 2.26. The number of carbonyl (C=O) groups is 1. The number of nitrogens with two attached hydrogens (primary N) is 1. The second-order valence-corrected chi connectivity index (χ2v) is 5.79. The average Bonchev–Trinajstić information content (AvgIpc) is 2.48. The van der Waals surface area contributed by atoms with Crippen LogP contribution in [-0.2, 0) is 11.2 Å². The number of hydrogen-bond donors (Lipinski definition) is 2. The highest BCUT2D eigenvalue weighted by molar-refractivity contribution is 7.10. The van der Waals surface area contributed by atoms with Crippen molar-refractivity contribution in [2.45, 2.75) is 39.2 Å². The van der Waals surface area contributed by atoms with Crippen LogP contribution in [0.2, 0.25) is 0 Å². The quantitative estimate of drug-likeness (QED) is 0.825. The highest BCUT2D eigenvalue weighted by atomic mass is 32.1. The fourth-order valence-electron chi connectivity index (χ4n) is 1.45. The summed E-state index contributed by atoms with van der Waals surface area (Å²) >= 11 is 1.74. The number of carbonyl (C=O) groups excluding carboxylic acids is 1. The van der Waals surface area contributed by atoms with Crippen LogP contribution in [0.25, 0.3) is 0 Å². The van der Waals surface area contributed by atoms with Crippen LogP contribution in [0.1, 0.15) is 30.7 Å². The molecule has 3 nitrogen and oxygen atoms in total. The van der Waals surface area contributed by atoms with Crippen LogP contribution in [0, 0.1) is 6.92 Å². The van der Waals surface area contributed by atoms with E-state index in [-0.39, 0.29) is 5.91 Å². The molecule has 0 aliphatic rings. The third kappa shape index (κ3) is 4.77. The van der Waals surface area contributed by atoms with Gasteiger partial charge in [0.2, 0.25) is 5.91 Å². The van der Waals surface area contributed by atoms with E-state index in [9.17, 15) is 4.79 Å². The molecular weight excluding hydrogens is 220 g/mol. The maximum absolute atomic E-state index is 11.5. The van der Waals surface area contributed by atoms with E-state index in [0.29, 0.717) is 13.0 Å². The molecule has 0 saturated heterocycles. The van der Waals surface area contributed by atoms with E-state index in [4.69, 9.17) is 5.73 Å². The first-order valence-electron chi connectivity index (χ1n) is 5.47. The normalized spacial score (nSPS) is 11.5. The zero-order valence-corrected chi connectivity index (χ0v) is 11.0. The van der Waals surface area contributed by atoms with Crippen molar-refractivity contribution in [2.75, 3.05) is 6.54 Å². The zero-order chi connectivity index (χ0) is 12.2. The molecule has 0 saturated carbocycles. The maximum atomic E-state index is 11.5. The van der Waals surface area contributed by atoms with Gasteiger partial charge in [0.05, 0.1) is 0 Å². The Hall–Kier alpha value is -0.870. The van der Waals surface area contributed by atoms with Crippen molar-refractivity contribution in [2.24, 2.45) is 5.73 Å². The van der Waals surface area contributed by atoms with Gasteiger partial charge in [-0.05, 0) is 44.2 Å². The topological polar surface area (TPSA) is 55.1 Å². The van der Waals surface area contributed by atoms with Crippen LogP contribution in [0.4, 0.5) is 0 Å². The predicted molar refractivity (Wildman–Crippen MR) is 68.7 cm³/mol. The van der Waals surface area contributed by atoms with Crippen molar-refractivity contribution >= 4 is 17.2 Å². The fourth-order valence-corrected chi connectivity index (χ4v) is 2.36. The van der Waals surface area contributed by atoms with Gasteiger partial charge in [-0.25, -0.2) is 0 Å². The molecule has 0 aromatic carbocycles. The summed E-state index contributed by atoms with van der Waals surface area (Å²) in [7, 11) is 0. The van der Waals surface area contributed by atoms with E-state index in [1.54, 1.807) is 11.3 Å². The molecule has 0 aliphatic carbocycles. The Morgan fingerprint density at radius 3 is 2.75 bits per heavy atom. The molecule has 0 unspecified atom stereocenters. The first-order valence-corrected chi connectivity index (χ1v) is 6.35. The molecule has 0 atom stereocenters. The van der Waals surface area contributed by atoms with Gasteiger partial charge in [-0.2, -0.15) is 0 Å². The largest absolute Gasteiger partial charge is 0.356 e. The molecule has 16 heavy (non-hydrogen) atoms. The summed E-state index contributed by atoms with van der Waals surface area (Å²) in [5.74, 6) is 0.0294. The van der Waals surface area contributed by atoms with Gasteiger partial charge in [0.25, 0.3) is 0 Å². The second kappa shape index (κ2) is 5.46.